The number of halogens is 2. The van der Waals surface area contributed by atoms with Gasteiger partial charge in [-0.2, -0.15) is 5.10 Å². The Kier molecular flexibility index (Phi) is 5.41. The van der Waals surface area contributed by atoms with E-state index in [4.69, 9.17) is 23.2 Å². The van der Waals surface area contributed by atoms with E-state index in [0.717, 1.165) is 24.2 Å². The van der Waals surface area contributed by atoms with Crippen LogP contribution >= 0.6 is 23.2 Å². The van der Waals surface area contributed by atoms with Crippen LogP contribution in [-0.2, 0) is 6.42 Å². The normalized spacial score (nSPS) is 10.7. The summed E-state index contributed by atoms with van der Waals surface area (Å²) >= 11 is 11.8. The zero-order valence-electron chi connectivity index (χ0n) is 13.7. The summed E-state index contributed by atoms with van der Waals surface area (Å²) in [6.07, 6.45) is 3.38. The van der Waals surface area contributed by atoms with Crippen LogP contribution in [0.25, 0.3) is 5.69 Å². The van der Waals surface area contributed by atoms with E-state index in [9.17, 15) is 4.79 Å². The van der Waals surface area contributed by atoms with E-state index in [2.05, 4.69) is 17.3 Å². The number of rotatable bonds is 5. The predicted octanol–water partition coefficient (Wildman–Crippen LogP) is 5.38. The van der Waals surface area contributed by atoms with Crippen LogP contribution < -0.4 is 5.32 Å². The molecule has 0 aliphatic heterocycles. The smallest absolute Gasteiger partial charge is 0.259 e. The first-order valence-electron chi connectivity index (χ1n) is 7.98. The van der Waals surface area contributed by atoms with Crippen molar-refractivity contribution in [1.29, 1.82) is 0 Å². The third kappa shape index (κ3) is 4.21. The van der Waals surface area contributed by atoms with Crippen LogP contribution in [0.3, 0.4) is 0 Å². The van der Waals surface area contributed by atoms with Crippen LogP contribution in [0.4, 0.5) is 5.69 Å². The fourth-order valence-corrected chi connectivity index (χ4v) is 2.73. The zero-order chi connectivity index (χ0) is 17.8. The zero-order valence-corrected chi connectivity index (χ0v) is 15.2. The molecule has 1 heterocycles. The van der Waals surface area contributed by atoms with Gasteiger partial charge in [0.2, 0.25) is 0 Å². The Morgan fingerprint density at radius 2 is 1.64 bits per heavy atom. The van der Waals surface area contributed by atoms with E-state index in [1.165, 1.54) is 0 Å². The van der Waals surface area contributed by atoms with Gasteiger partial charge in [-0.1, -0.05) is 36.5 Å². The van der Waals surface area contributed by atoms with Crippen LogP contribution in [0.1, 0.15) is 29.4 Å². The van der Waals surface area contributed by atoms with Gasteiger partial charge in [0.1, 0.15) is 0 Å². The maximum atomic E-state index is 12.7. The van der Waals surface area contributed by atoms with Gasteiger partial charge >= 0.3 is 0 Å². The Balaban J connectivity index is 1.89. The van der Waals surface area contributed by atoms with E-state index in [0.29, 0.717) is 21.3 Å². The molecule has 1 aromatic heterocycles. The Hall–Kier alpha value is -2.30. The highest BCUT2D eigenvalue weighted by Crippen LogP contribution is 2.19. The van der Waals surface area contributed by atoms with Gasteiger partial charge in [-0.05, 0) is 55.0 Å². The minimum atomic E-state index is -0.189. The summed E-state index contributed by atoms with van der Waals surface area (Å²) < 4.78 is 1.71. The first-order valence-corrected chi connectivity index (χ1v) is 8.74. The SMILES string of the molecule is CCCc1nn(-c2ccc(Cl)cc2)cc1C(=O)Nc1ccc(Cl)cc1. The lowest BCUT2D eigenvalue weighted by Crippen LogP contribution is -2.13. The molecule has 4 nitrogen and oxygen atoms in total. The minimum Gasteiger partial charge on any atom is -0.322 e. The highest BCUT2D eigenvalue weighted by Gasteiger charge is 2.17. The molecule has 0 fully saturated rings. The number of aryl methyl sites for hydroxylation is 1. The van der Waals surface area contributed by atoms with Crippen LogP contribution in [0.5, 0.6) is 0 Å². The van der Waals surface area contributed by atoms with E-state index >= 15 is 0 Å². The van der Waals surface area contributed by atoms with Crippen molar-refractivity contribution in [3.8, 4) is 5.69 Å². The fourth-order valence-electron chi connectivity index (χ4n) is 2.48. The molecule has 128 valence electrons. The van der Waals surface area contributed by atoms with Crippen molar-refractivity contribution in [2.45, 2.75) is 19.8 Å². The second-order valence-corrected chi connectivity index (χ2v) is 6.49. The summed E-state index contributed by atoms with van der Waals surface area (Å²) in [6, 6.07) is 14.3. The predicted molar refractivity (Wildman–Crippen MR) is 102 cm³/mol. The molecular weight excluding hydrogens is 357 g/mol. The van der Waals surface area contributed by atoms with Crippen molar-refractivity contribution in [3.05, 3.63) is 76.0 Å². The molecule has 0 unspecified atom stereocenters. The van der Waals surface area contributed by atoms with Crippen LogP contribution in [0.2, 0.25) is 10.0 Å². The number of nitrogens with zero attached hydrogens (tertiary/aromatic N) is 2. The Morgan fingerprint density at radius 1 is 1.04 bits per heavy atom. The molecule has 0 atom stereocenters. The monoisotopic (exact) mass is 373 g/mol. The van der Waals surface area contributed by atoms with Crippen molar-refractivity contribution in [2.75, 3.05) is 5.32 Å². The Bertz CT molecular complexity index is 871. The molecule has 0 saturated carbocycles. The van der Waals surface area contributed by atoms with E-state index in [1.54, 1.807) is 47.3 Å². The van der Waals surface area contributed by atoms with Crippen LogP contribution in [0.15, 0.2) is 54.7 Å². The van der Waals surface area contributed by atoms with Crippen molar-refractivity contribution in [2.24, 2.45) is 0 Å². The van der Waals surface area contributed by atoms with E-state index < -0.39 is 0 Å². The maximum absolute atomic E-state index is 12.7. The van der Waals surface area contributed by atoms with Crippen LogP contribution in [0, 0.1) is 0 Å². The highest BCUT2D eigenvalue weighted by atomic mass is 35.5. The lowest BCUT2D eigenvalue weighted by atomic mass is 10.1. The first kappa shape index (κ1) is 17.5. The van der Waals surface area contributed by atoms with Gasteiger partial charge in [0, 0.05) is 21.9 Å². The third-order valence-electron chi connectivity index (χ3n) is 3.72. The number of anilines is 1. The van der Waals surface area contributed by atoms with Crippen molar-refractivity contribution >= 4 is 34.8 Å². The summed E-state index contributed by atoms with van der Waals surface area (Å²) in [5.41, 5.74) is 2.87. The number of benzene rings is 2. The summed E-state index contributed by atoms with van der Waals surface area (Å²) in [5, 5.41) is 8.74. The standard InChI is InChI=1S/C19H17Cl2N3O/c1-2-3-18-17(19(25)22-15-8-4-13(20)5-9-15)12-24(23-18)16-10-6-14(21)7-11-16/h4-12H,2-3H2,1H3,(H,22,25). The summed E-state index contributed by atoms with van der Waals surface area (Å²) in [6.45, 7) is 2.06. The molecule has 0 radical (unpaired) electrons. The topological polar surface area (TPSA) is 46.9 Å². The number of hydrogen-bond donors (Lipinski definition) is 1. The van der Waals surface area contributed by atoms with E-state index in [1.807, 2.05) is 12.1 Å². The van der Waals surface area contributed by atoms with Gasteiger partial charge < -0.3 is 5.32 Å². The number of nitrogens with one attached hydrogen (secondary N) is 1. The Morgan fingerprint density at radius 3 is 2.24 bits per heavy atom. The summed E-state index contributed by atoms with van der Waals surface area (Å²) in [5.74, 6) is -0.189. The van der Waals surface area contributed by atoms with Crippen molar-refractivity contribution in [3.63, 3.8) is 0 Å². The second-order valence-electron chi connectivity index (χ2n) is 5.62. The molecule has 0 spiro atoms. The molecule has 2 aromatic carbocycles. The summed E-state index contributed by atoms with van der Waals surface area (Å²) in [4.78, 5) is 12.7. The first-order chi connectivity index (χ1) is 12.1. The molecule has 0 saturated heterocycles. The maximum Gasteiger partial charge on any atom is 0.259 e. The van der Waals surface area contributed by atoms with E-state index in [-0.39, 0.29) is 5.91 Å². The highest BCUT2D eigenvalue weighted by molar-refractivity contribution is 6.30. The summed E-state index contributed by atoms with van der Waals surface area (Å²) in [7, 11) is 0. The molecule has 25 heavy (non-hydrogen) atoms. The molecule has 6 heteroatoms. The van der Waals surface area contributed by atoms with Crippen molar-refractivity contribution in [1.82, 2.24) is 9.78 Å². The molecule has 0 aliphatic carbocycles. The average molecular weight is 374 g/mol. The second kappa shape index (κ2) is 7.72. The van der Waals surface area contributed by atoms with Gasteiger partial charge in [-0.3, -0.25) is 4.79 Å². The largest absolute Gasteiger partial charge is 0.322 e. The van der Waals surface area contributed by atoms with Gasteiger partial charge in [0.15, 0.2) is 0 Å². The van der Waals surface area contributed by atoms with Gasteiger partial charge in [-0.15, -0.1) is 0 Å². The molecule has 0 bridgehead atoms. The van der Waals surface area contributed by atoms with Gasteiger partial charge in [-0.25, -0.2) is 4.68 Å². The van der Waals surface area contributed by atoms with Gasteiger partial charge in [0.05, 0.1) is 16.9 Å². The van der Waals surface area contributed by atoms with Crippen molar-refractivity contribution < 1.29 is 4.79 Å². The number of aromatic nitrogens is 2. The molecule has 3 aromatic rings. The molecule has 1 amide bonds. The number of amides is 1. The Labute approximate surface area is 156 Å². The quantitative estimate of drug-likeness (QED) is 0.651. The molecular formula is C19H17Cl2N3O. The molecule has 0 aliphatic rings. The average Bonchev–Trinajstić information content (AvgIpc) is 3.02. The lowest BCUT2D eigenvalue weighted by molar-refractivity contribution is 0.102. The molecule has 1 N–H and O–H groups in total. The third-order valence-corrected chi connectivity index (χ3v) is 4.22. The number of carbonyl (C=O) groups is 1. The lowest BCUT2D eigenvalue weighted by Gasteiger charge is -2.05. The van der Waals surface area contributed by atoms with Gasteiger partial charge in [0.25, 0.3) is 5.91 Å². The number of hydrogen-bond acceptors (Lipinski definition) is 2. The molecule has 3 rings (SSSR count). The van der Waals surface area contributed by atoms with Crippen LogP contribution in [-0.4, -0.2) is 15.7 Å². The number of carbonyl (C=O) groups excluding carboxylic acids is 1. The minimum absolute atomic E-state index is 0.189. The fraction of sp³-hybridized carbons (Fsp3) is 0.158.